The van der Waals surface area contributed by atoms with Crippen molar-refractivity contribution in [2.75, 3.05) is 6.54 Å². The van der Waals surface area contributed by atoms with Crippen LogP contribution < -0.4 is 10.5 Å². The van der Waals surface area contributed by atoms with E-state index in [9.17, 15) is 18.5 Å². The number of nitrogens with one attached hydrogen (secondary N) is 1. The van der Waals surface area contributed by atoms with Crippen molar-refractivity contribution < 1.29 is 13.3 Å². The van der Waals surface area contributed by atoms with Crippen LogP contribution in [0, 0.1) is 23.0 Å². The van der Waals surface area contributed by atoms with Gasteiger partial charge < -0.3 is 5.73 Å². The SMILES string of the molecule is Cc1c([N+](=O)[O-])cccc1S(=O)(=O)NC(CN)C1CC1.Cl. The van der Waals surface area contributed by atoms with Gasteiger partial charge in [0.05, 0.1) is 9.82 Å². The summed E-state index contributed by atoms with van der Waals surface area (Å²) in [6.07, 6.45) is 1.91. The summed E-state index contributed by atoms with van der Waals surface area (Å²) < 4.78 is 27.2. The molecule has 2 rings (SSSR count). The van der Waals surface area contributed by atoms with Crippen LogP contribution in [0.15, 0.2) is 23.1 Å². The number of rotatable bonds is 6. The summed E-state index contributed by atoms with van der Waals surface area (Å²) >= 11 is 0. The zero-order valence-corrected chi connectivity index (χ0v) is 13.1. The van der Waals surface area contributed by atoms with E-state index < -0.39 is 14.9 Å². The minimum Gasteiger partial charge on any atom is -0.329 e. The Morgan fingerprint density at radius 2 is 2.10 bits per heavy atom. The van der Waals surface area contributed by atoms with Crippen LogP contribution >= 0.6 is 12.4 Å². The molecule has 0 amide bonds. The molecule has 1 aromatic carbocycles. The van der Waals surface area contributed by atoms with Gasteiger partial charge in [-0.1, -0.05) is 6.07 Å². The Morgan fingerprint density at radius 3 is 2.57 bits per heavy atom. The van der Waals surface area contributed by atoms with Crippen LogP contribution in [0.1, 0.15) is 18.4 Å². The number of benzene rings is 1. The number of hydrogen-bond donors (Lipinski definition) is 2. The van der Waals surface area contributed by atoms with Crippen molar-refractivity contribution in [3.05, 3.63) is 33.9 Å². The Kier molecular flexibility index (Phi) is 5.68. The van der Waals surface area contributed by atoms with E-state index in [1.54, 1.807) is 0 Å². The van der Waals surface area contributed by atoms with E-state index in [0.29, 0.717) is 0 Å². The summed E-state index contributed by atoms with van der Waals surface area (Å²) in [6.45, 7) is 1.65. The first-order chi connectivity index (χ1) is 9.36. The molecule has 1 fully saturated rings. The van der Waals surface area contributed by atoms with Gasteiger partial charge in [0.15, 0.2) is 0 Å². The molecule has 21 heavy (non-hydrogen) atoms. The maximum Gasteiger partial charge on any atom is 0.273 e. The number of nitrogens with zero attached hydrogens (tertiary/aromatic N) is 1. The zero-order valence-electron chi connectivity index (χ0n) is 11.5. The van der Waals surface area contributed by atoms with Crippen molar-refractivity contribution >= 4 is 28.1 Å². The first-order valence-electron chi connectivity index (χ1n) is 6.33. The summed E-state index contributed by atoms with van der Waals surface area (Å²) in [5, 5.41) is 10.9. The van der Waals surface area contributed by atoms with E-state index >= 15 is 0 Å². The molecule has 9 heteroatoms. The molecule has 0 aliphatic heterocycles. The van der Waals surface area contributed by atoms with Crippen LogP contribution in [0.5, 0.6) is 0 Å². The van der Waals surface area contributed by atoms with E-state index in [1.165, 1.54) is 25.1 Å². The van der Waals surface area contributed by atoms with Gasteiger partial charge in [-0.25, -0.2) is 13.1 Å². The van der Waals surface area contributed by atoms with Crippen LogP contribution in [-0.2, 0) is 10.0 Å². The van der Waals surface area contributed by atoms with Crippen LogP contribution in [0.25, 0.3) is 0 Å². The predicted molar refractivity (Wildman–Crippen MR) is 81.0 cm³/mol. The molecule has 0 aromatic heterocycles. The smallest absolute Gasteiger partial charge is 0.273 e. The van der Waals surface area contributed by atoms with Crippen molar-refractivity contribution in [2.45, 2.75) is 30.7 Å². The van der Waals surface area contributed by atoms with Gasteiger partial charge in [-0.2, -0.15) is 0 Å². The normalized spacial score (nSPS) is 16.1. The van der Waals surface area contributed by atoms with E-state index in [1.807, 2.05) is 0 Å². The lowest BCUT2D eigenvalue weighted by atomic mass is 10.2. The standard InChI is InChI=1S/C12H17N3O4S.ClH/c1-8-11(15(16)17)3-2-4-12(8)20(18,19)14-10(7-13)9-5-6-9;/h2-4,9-10,14H,5-7,13H2,1H3;1H. The fourth-order valence-electron chi connectivity index (χ4n) is 2.19. The van der Waals surface area contributed by atoms with Crippen molar-refractivity contribution in [1.82, 2.24) is 4.72 Å². The van der Waals surface area contributed by atoms with Crippen molar-refractivity contribution in [2.24, 2.45) is 11.7 Å². The lowest BCUT2D eigenvalue weighted by molar-refractivity contribution is -0.385. The lowest BCUT2D eigenvalue weighted by Gasteiger charge is -2.17. The van der Waals surface area contributed by atoms with E-state index in [4.69, 9.17) is 5.73 Å². The topological polar surface area (TPSA) is 115 Å². The molecule has 3 N–H and O–H groups in total. The second kappa shape index (κ2) is 6.69. The molecule has 1 aromatic rings. The first kappa shape index (κ1) is 17.8. The molecule has 0 bridgehead atoms. The van der Waals surface area contributed by atoms with Gasteiger partial charge in [0, 0.05) is 24.2 Å². The van der Waals surface area contributed by atoms with Crippen LogP contribution in [0.2, 0.25) is 0 Å². The molecular formula is C12H18ClN3O4S. The molecule has 0 radical (unpaired) electrons. The maximum atomic E-state index is 12.3. The quantitative estimate of drug-likeness (QED) is 0.601. The van der Waals surface area contributed by atoms with Gasteiger partial charge in [0.2, 0.25) is 10.0 Å². The van der Waals surface area contributed by atoms with Gasteiger partial charge in [-0.05, 0) is 31.7 Å². The number of hydrogen-bond acceptors (Lipinski definition) is 5. The minimum absolute atomic E-state index is 0. The number of nitro groups is 1. The molecule has 0 spiro atoms. The monoisotopic (exact) mass is 335 g/mol. The van der Waals surface area contributed by atoms with Crippen LogP contribution in [0.4, 0.5) is 5.69 Å². The largest absolute Gasteiger partial charge is 0.329 e. The van der Waals surface area contributed by atoms with Gasteiger partial charge in [-0.15, -0.1) is 12.4 Å². The van der Waals surface area contributed by atoms with Gasteiger partial charge in [-0.3, -0.25) is 10.1 Å². The Hall–Kier alpha value is -1.22. The molecule has 1 aliphatic carbocycles. The highest BCUT2D eigenvalue weighted by Crippen LogP contribution is 2.33. The third-order valence-electron chi connectivity index (χ3n) is 3.49. The number of nitro benzene ring substituents is 1. The summed E-state index contributed by atoms with van der Waals surface area (Å²) in [7, 11) is -3.80. The molecule has 118 valence electrons. The summed E-state index contributed by atoms with van der Waals surface area (Å²) in [6, 6.07) is 3.72. The molecule has 1 atom stereocenters. The number of halogens is 1. The Morgan fingerprint density at radius 1 is 1.48 bits per heavy atom. The fraction of sp³-hybridized carbons (Fsp3) is 0.500. The van der Waals surface area contributed by atoms with Crippen molar-refractivity contribution in [3.8, 4) is 0 Å². The van der Waals surface area contributed by atoms with E-state index in [2.05, 4.69) is 4.72 Å². The fourth-order valence-corrected chi connectivity index (χ4v) is 3.77. The summed E-state index contributed by atoms with van der Waals surface area (Å²) in [5.74, 6) is 0.272. The third kappa shape index (κ3) is 3.91. The van der Waals surface area contributed by atoms with Crippen molar-refractivity contribution in [3.63, 3.8) is 0 Å². The van der Waals surface area contributed by atoms with Crippen LogP contribution in [0.3, 0.4) is 0 Å². The maximum absolute atomic E-state index is 12.3. The minimum atomic E-state index is -3.80. The summed E-state index contributed by atoms with van der Waals surface area (Å²) in [5.41, 5.74) is 5.51. The van der Waals surface area contributed by atoms with Crippen molar-refractivity contribution in [1.29, 1.82) is 0 Å². The molecule has 0 heterocycles. The highest BCUT2D eigenvalue weighted by Gasteiger charge is 2.34. The molecule has 0 saturated heterocycles. The zero-order chi connectivity index (χ0) is 14.9. The predicted octanol–water partition coefficient (Wildman–Crippen LogP) is 1.34. The second-order valence-electron chi connectivity index (χ2n) is 4.96. The molecule has 1 aliphatic rings. The number of sulfonamides is 1. The molecule has 1 unspecified atom stereocenters. The van der Waals surface area contributed by atoms with E-state index in [0.717, 1.165) is 12.8 Å². The average molecular weight is 336 g/mol. The van der Waals surface area contributed by atoms with Crippen LogP contribution in [-0.4, -0.2) is 25.9 Å². The second-order valence-corrected chi connectivity index (χ2v) is 6.64. The Labute approximate surface area is 129 Å². The first-order valence-corrected chi connectivity index (χ1v) is 7.81. The van der Waals surface area contributed by atoms with E-state index in [-0.39, 0.29) is 47.1 Å². The van der Waals surface area contributed by atoms with Gasteiger partial charge in [0.25, 0.3) is 5.69 Å². The average Bonchev–Trinajstić information content (AvgIpc) is 3.20. The summed E-state index contributed by atoms with van der Waals surface area (Å²) in [4.78, 5) is 10.2. The molecular weight excluding hydrogens is 318 g/mol. The third-order valence-corrected chi connectivity index (χ3v) is 5.13. The Bertz CT molecular complexity index is 631. The lowest BCUT2D eigenvalue weighted by Crippen LogP contribution is -2.41. The highest BCUT2D eigenvalue weighted by molar-refractivity contribution is 7.89. The molecule has 7 nitrogen and oxygen atoms in total. The van der Waals surface area contributed by atoms with Gasteiger partial charge >= 0.3 is 0 Å². The highest BCUT2D eigenvalue weighted by atomic mass is 35.5. The van der Waals surface area contributed by atoms with Gasteiger partial charge in [0.1, 0.15) is 0 Å². The Balaban J connectivity index is 0.00000220. The molecule has 1 saturated carbocycles. The number of nitrogens with two attached hydrogens (primary N) is 1.